The maximum Gasteiger partial charge on any atom is 0.338 e. The third kappa shape index (κ3) is 2.98. The third-order valence-electron chi connectivity index (χ3n) is 3.20. The minimum atomic E-state index is -1.05. The van der Waals surface area contributed by atoms with Crippen molar-refractivity contribution in [2.75, 3.05) is 25.1 Å². The van der Waals surface area contributed by atoms with Gasteiger partial charge in [-0.3, -0.25) is 4.79 Å². The number of rotatable bonds is 3. The Morgan fingerprint density at radius 2 is 1.89 bits per heavy atom. The summed E-state index contributed by atoms with van der Waals surface area (Å²) in [5.74, 6) is -0.800. The Labute approximate surface area is 110 Å². The monoisotopic (exact) mass is 265 g/mol. The smallest absolute Gasteiger partial charge is 0.338 e. The zero-order chi connectivity index (χ0) is 13.8. The van der Waals surface area contributed by atoms with Gasteiger partial charge in [0, 0.05) is 25.5 Å². The fourth-order valence-electron chi connectivity index (χ4n) is 2.08. The minimum absolute atomic E-state index is 0.0631. The molecule has 0 unspecified atom stereocenters. The molecule has 2 heterocycles. The highest BCUT2D eigenvalue weighted by Crippen LogP contribution is 2.21. The van der Waals surface area contributed by atoms with Crippen molar-refractivity contribution < 1.29 is 19.4 Å². The molecule has 1 aromatic heterocycles. The van der Waals surface area contributed by atoms with E-state index in [-0.39, 0.29) is 17.5 Å². The number of ether oxygens (including phenoxy) is 1. The highest BCUT2D eigenvalue weighted by Gasteiger charge is 2.26. The van der Waals surface area contributed by atoms with E-state index >= 15 is 0 Å². The van der Waals surface area contributed by atoms with Crippen molar-refractivity contribution in [3.63, 3.8) is 0 Å². The molecule has 0 aromatic carbocycles. The molecule has 0 amide bonds. The number of esters is 1. The van der Waals surface area contributed by atoms with E-state index in [2.05, 4.69) is 9.97 Å². The second-order valence-corrected chi connectivity index (χ2v) is 4.36. The van der Waals surface area contributed by atoms with Crippen molar-refractivity contribution in [3.8, 4) is 0 Å². The van der Waals surface area contributed by atoms with Crippen LogP contribution in [-0.4, -0.2) is 47.2 Å². The number of methoxy groups -OCH3 is 1. The molecule has 1 aliphatic rings. The first-order chi connectivity index (χ1) is 9.11. The molecule has 0 atom stereocenters. The third-order valence-corrected chi connectivity index (χ3v) is 3.20. The van der Waals surface area contributed by atoms with Crippen molar-refractivity contribution in [2.24, 2.45) is 5.92 Å². The van der Waals surface area contributed by atoms with Crippen molar-refractivity contribution in [1.82, 2.24) is 9.97 Å². The summed E-state index contributed by atoms with van der Waals surface area (Å²) in [6.07, 6.45) is 3.96. The number of carbonyl (C=O) groups excluding carboxylic acids is 1. The van der Waals surface area contributed by atoms with Crippen LogP contribution in [0, 0.1) is 5.92 Å². The topological polar surface area (TPSA) is 92.6 Å². The Bertz CT molecular complexity index is 466. The Kier molecular flexibility index (Phi) is 3.94. The summed E-state index contributed by atoms with van der Waals surface area (Å²) in [6, 6.07) is 0. The standard InChI is InChI=1S/C12H15N3O4/c1-19-11(18)8-2-4-15(5-3-8)12-13-6-9(7-14-12)10(16)17/h6-8H,2-5H2,1H3,(H,16,17). The number of aromatic nitrogens is 2. The minimum Gasteiger partial charge on any atom is -0.478 e. The van der Waals surface area contributed by atoms with E-state index in [4.69, 9.17) is 9.84 Å². The summed E-state index contributed by atoms with van der Waals surface area (Å²) in [7, 11) is 1.39. The van der Waals surface area contributed by atoms with Gasteiger partial charge < -0.3 is 14.7 Å². The maximum absolute atomic E-state index is 11.4. The quantitative estimate of drug-likeness (QED) is 0.798. The van der Waals surface area contributed by atoms with Crippen molar-refractivity contribution >= 4 is 17.9 Å². The van der Waals surface area contributed by atoms with Gasteiger partial charge in [-0.2, -0.15) is 0 Å². The van der Waals surface area contributed by atoms with Crippen LogP contribution in [0.25, 0.3) is 0 Å². The van der Waals surface area contributed by atoms with E-state index in [1.165, 1.54) is 19.5 Å². The molecule has 19 heavy (non-hydrogen) atoms. The fraction of sp³-hybridized carbons (Fsp3) is 0.500. The van der Waals surface area contributed by atoms with Gasteiger partial charge in [0.1, 0.15) is 0 Å². The van der Waals surface area contributed by atoms with Crippen LogP contribution in [-0.2, 0) is 9.53 Å². The molecule has 1 aliphatic heterocycles. The molecule has 1 fully saturated rings. The first-order valence-corrected chi connectivity index (χ1v) is 6.00. The van der Waals surface area contributed by atoms with Gasteiger partial charge in [-0.1, -0.05) is 0 Å². The van der Waals surface area contributed by atoms with Gasteiger partial charge in [0.25, 0.3) is 0 Å². The number of hydrogen-bond acceptors (Lipinski definition) is 6. The number of carbonyl (C=O) groups is 2. The molecule has 0 spiro atoms. The number of aromatic carboxylic acids is 1. The van der Waals surface area contributed by atoms with Crippen LogP contribution < -0.4 is 4.90 Å². The highest BCUT2D eigenvalue weighted by molar-refractivity contribution is 5.86. The molecular formula is C12H15N3O4. The number of nitrogens with zero attached hydrogens (tertiary/aromatic N) is 3. The summed E-state index contributed by atoms with van der Waals surface area (Å²) >= 11 is 0. The lowest BCUT2D eigenvalue weighted by Crippen LogP contribution is -2.37. The number of anilines is 1. The molecule has 0 saturated carbocycles. The van der Waals surface area contributed by atoms with Crippen LogP contribution in [0.4, 0.5) is 5.95 Å². The Balaban J connectivity index is 1.97. The van der Waals surface area contributed by atoms with Gasteiger partial charge in [0.05, 0.1) is 18.6 Å². The Hall–Kier alpha value is -2.18. The van der Waals surface area contributed by atoms with E-state index in [0.29, 0.717) is 31.9 Å². The lowest BCUT2D eigenvalue weighted by Gasteiger charge is -2.30. The van der Waals surface area contributed by atoms with Crippen LogP contribution >= 0.6 is 0 Å². The molecule has 7 nitrogen and oxygen atoms in total. The lowest BCUT2D eigenvalue weighted by atomic mass is 9.97. The van der Waals surface area contributed by atoms with Crippen LogP contribution in [0.2, 0.25) is 0 Å². The molecule has 2 rings (SSSR count). The van der Waals surface area contributed by atoms with Crippen LogP contribution in [0.5, 0.6) is 0 Å². The largest absolute Gasteiger partial charge is 0.478 e. The van der Waals surface area contributed by atoms with E-state index in [1.54, 1.807) is 0 Å². The first kappa shape index (κ1) is 13.3. The second-order valence-electron chi connectivity index (χ2n) is 4.36. The summed E-state index contributed by atoms with van der Waals surface area (Å²) < 4.78 is 4.72. The Morgan fingerprint density at radius 1 is 1.32 bits per heavy atom. The van der Waals surface area contributed by atoms with Crippen molar-refractivity contribution in [2.45, 2.75) is 12.8 Å². The molecule has 0 aliphatic carbocycles. The maximum atomic E-state index is 11.4. The van der Waals surface area contributed by atoms with Gasteiger partial charge in [0.15, 0.2) is 0 Å². The average Bonchev–Trinajstić information content (AvgIpc) is 2.46. The van der Waals surface area contributed by atoms with Crippen molar-refractivity contribution in [3.05, 3.63) is 18.0 Å². The average molecular weight is 265 g/mol. The van der Waals surface area contributed by atoms with E-state index < -0.39 is 5.97 Å². The molecule has 102 valence electrons. The van der Waals surface area contributed by atoms with E-state index in [1.807, 2.05) is 4.90 Å². The lowest BCUT2D eigenvalue weighted by molar-refractivity contribution is -0.146. The van der Waals surface area contributed by atoms with Gasteiger partial charge in [-0.25, -0.2) is 14.8 Å². The van der Waals surface area contributed by atoms with Crippen LogP contribution in [0.15, 0.2) is 12.4 Å². The predicted octanol–water partition coefficient (Wildman–Crippen LogP) is 0.564. The van der Waals surface area contributed by atoms with Gasteiger partial charge in [0.2, 0.25) is 5.95 Å². The summed E-state index contributed by atoms with van der Waals surface area (Å²) in [4.78, 5) is 32.1. The number of piperidine rings is 1. The summed E-state index contributed by atoms with van der Waals surface area (Å²) in [5, 5.41) is 8.76. The summed E-state index contributed by atoms with van der Waals surface area (Å²) in [5.41, 5.74) is 0.0631. The van der Waals surface area contributed by atoms with Crippen molar-refractivity contribution in [1.29, 1.82) is 0 Å². The zero-order valence-electron chi connectivity index (χ0n) is 10.6. The van der Waals surface area contributed by atoms with Gasteiger partial charge >= 0.3 is 11.9 Å². The van der Waals surface area contributed by atoms with Crippen LogP contribution in [0.3, 0.4) is 0 Å². The zero-order valence-corrected chi connectivity index (χ0v) is 10.6. The molecule has 7 heteroatoms. The molecular weight excluding hydrogens is 250 g/mol. The predicted molar refractivity (Wildman–Crippen MR) is 65.9 cm³/mol. The highest BCUT2D eigenvalue weighted by atomic mass is 16.5. The molecule has 1 N–H and O–H groups in total. The number of carboxylic acid groups (broad SMARTS) is 1. The Morgan fingerprint density at radius 3 is 2.37 bits per heavy atom. The SMILES string of the molecule is COC(=O)C1CCN(c2ncc(C(=O)O)cn2)CC1. The second kappa shape index (κ2) is 5.64. The number of carboxylic acids is 1. The molecule has 0 radical (unpaired) electrons. The van der Waals surface area contributed by atoms with E-state index in [0.717, 1.165) is 0 Å². The molecule has 1 saturated heterocycles. The molecule has 0 bridgehead atoms. The van der Waals surface area contributed by atoms with E-state index in [9.17, 15) is 9.59 Å². The van der Waals surface area contributed by atoms with Crippen LogP contribution in [0.1, 0.15) is 23.2 Å². The van der Waals surface area contributed by atoms with Gasteiger partial charge in [-0.05, 0) is 12.8 Å². The molecule has 1 aromatic rings. The number of hydrogen-bond donors (Lipinski definition) is 1. The normalized spacial score (nSPS) is 16.2. The first-order valence-electron chi connectivity index (χ1n) is 6.00. The van der Waals surface area contributed by atoms with Gasteiger partial charge in [-0.15, -0.1) is 0 Å². The summed E-state index contributed by atoms with van der Waals surface area (Å²) in [6.45, 7) is 1.32. The fourth-order valence-corrected chi connectivity index (χ4v) is 2.08.